The highest BCUT2D eigenvalue weighted by Gasteiger charge is 2.62. The molecule has 4 heterocycles. The van der Waals surface area contributed by atoms with Crippen molar-refractivity contribution in [2.24, 2.45) is 5.41 Å². The van der Waals surface area contributed by atoms with Crippen LogP contribution in [0.4, 0.5) is 10.5 Å². The third-order valence-electron chi connectivity index (χ3n) is 6.66. The fraction of sp³-hybridized carbons (Fsp3) is 0.391. The quantitative estimate of drug-likeness (QED) is 0.684. The van der Waals surface area contributed by atoms with Crippen LogP contribution >= 0.6 is 0 Å². The molecule has 0 bridgehead atoms. The van der Waals surface area contributed by atoms with Crippen molar-refractivity contribution in [3.8, 4) is 11.1 Å². The molecule has 8 heteroatoms. The third-order valence-corrected chi connectivity index (χ3v) is 6.66. The molecule has 1 aromatic heterocycles. The molecule has 0 radical (unpaired) electrons. The normalized spacial score (nSPS) is 26.7. The monoisotopic (exact) mass is 420 g/mol. The van der Waals surface area contributed by atoms with Crippen LogP contribution in [0.1, 0.15) is 25.0 Å². The zero-order valence-corrected chi connectivity index (χ0v) is 17.6. The molecular weight excluding hydrogens is 396 g/mol. The van der Waals surface area contributed by atoms with Gasteiger partial charge in [-0.15, -0.1) is 0 Å². The van der Waals surface area contributed by atoms with Crippen LogP contribution in [0.15, 0.2) is 36.7 Å². The minimum absolute atomic E-state index is 0.0640. The molecular formula is C23H24N4O4. The summed E-state index contributed by atoms with van der Waals surface area (Å²) < 4.78 is 6.04. The third kappa shape index (κ3) is 2.85. The average molecular weight is 420 g/mol. The zero-order valence-electron chi connectivity index (χ0n) is 17.6. The molecule has 2 N–H and O–H groups in total. The number of hydrogen-bond acceptors (Lipinski definition) is 6. The molecule has 31 heavy (non-hydrogen) atoms. The van der Waals surface area contributed by atoms with Crippen molar-refractivity contribution < 1.29 is 19.1 Å². The molecule has 2 saturated heterocycles. The fourth-order valence-corrected chi connectivity index (χ4v) is 5.38. The molecule has 0 saturated carbocycles. The van der Waals surface area contributed by atoms with E-state index in [1.165, 1.54) is 0 Å². The van der Waals surface area contributed by atoms with Gasteiger partial charge in [-0.3, -0.25) is 25.2 Å². The van der Waals surface area contributed by atoms with Gasteiger partial charge in [-0.1, -0.05) is 6.07 Å². The van der Waals surface area contributed by atoms with Crippen LogP contribution < -0.4 is 15.5 Å². The van der Waals surface area contributed by atoms with E-state index in [0.29, 0.717) is 6.54 Å². The minimum atomic E-state index is -1.46. The summed E-state index contributed by atoms with van der Waals surface area (Å²) in [5, 5.41) is 4.64. The highest BCUT2D eigenvalue weighted by molar-refractivity contribution is 6.20. The number of nitrogens with one attached hydrogen (secondary N) is 2. The van der Waals surface area contributed by atoms with Crippen LogP contribution in [0.3, 0.4) is 0 Å². The number of ether oxygens (including phenoxy) is 1. The first kappa shape index (κ1) is 19.7. The SMILES string of the molecule is Cc1ccncc1-c1ccc2c(c1)CC1(C(=O)NC(=O)NC1=O)[C@H]1[C@H](C)O[C@H](C)CN21. The molecule has 1 aromatic carbocycles. The lowest BCUT2D eigenvalue weighted by Crippen LogP contribution is -2.75. The van der Waals surface area contributed by atoms with E-state index in [-0.39, 0.29) is 18.6 Å². The summed E-state index contributed by atoms with van der Waals surface area (Å²) in [6, 6.07) is 6.77. The van der Waals surface area contributed by atoms with Gasteiger partial charge in [0, 0.05) is 30.2 Å². The number of anilines is 1. The summed E-state index contributed by atoms with van der Waals surface area (Å²) in [7, 11) is 0. The second-order valence-corrected chi connectivity index (χ2v) is 8.67. The molecule has 0 unspecified atom stereocenters. The number of benzene rings is 1. The van der Waals surface area contributed by atoms with Crippen molar-refractivity contribution in [2.45, 2.75) is 45.4 Å². The Bertz CT molecular complexity index is 1090. The van der Waals surface area contributed by atoms with Crippen LogP contribution in [0, 0.1) is 12.3 Å². The average Bonchev–Trinajstić information content (AvgIpc) is 2.71. The number of pyridine rings is 1. The highest BCUT2D eigenvalue weighted by atomic mass is 16.5. The number of nitrogens with zero attached hydrogens (tertiary/aromatic N) is 2. The Morgan fingerprint density at radius 1 is 1.13 bits per heavy atom. The van der Waals surface area contributed by atoms with Crippen molar-refractivity contribution in [1.29, 1.82) is 0 Å². The number of aryl methyl sites for hydroxylation is 1. The number of barbiturate groups is 1. The lowest BCUT2D eigenvalue weighted by atomic mass is 9.66. The summed E-state index contributed by atoms with van der Waals surface area (Å²) in [5.41, 5.74) is 3.48. The first-order chi connectivity index (χ1) is 14.8. The van der Waals surface area contributed by atoms with Gasteiger partial charge in [0.25, 0.3) is 0 Å². The maximum absolute atomic E-state index is 13.2. The van der Waals surface area contributed by atoms with E-state index >= 15 is 0 Å². The Morgan fingerprint density at radius 2 is 1.87 bits per heavy atom. The molecule has 4 amide bonds. The number of rotatable bonds is 1. The maximum Gasteiger partial charge on any atom is 0.328 e. The summed E-state index contributed by atoms with van der Waals surface area (Å²) in [6.07, 6.45) is 3.31. The lowest BCUT2D eigenvalue weighted by molar-refractivity contribution is -0.153. The molecule has 160 valence electrons. The predicted molar refractivity (Wildman–Crippen MR) is 113 cm³/mol. The number of hydrogen-bond donors (Lipinski definition) is 2. The summed E-state index contributed by atoms with van der Waals surface area (Å²) >= 11 is 0. The van der Waals surface area contributed by atoms with E-state index in [2.05, 4.69) is 20.5 Å². The van der Waals surface area contributed by atoms with E-state index in [4.69, 9.17) is 4.74 Å². The maximum atomic E-state index is 13.2. The Morgan fingerprint density at radius 3 is 2.58 bits per heavy atom. The predicted octanol–water partition coefficient (Wildman–Crippen LogP) is 1.95. The van der Waals surface area contributed by atoms with Gasteiger partial charge in [-0.2, -0.15) is 0 Å². The van der Waals surface area contributed by atoms with Crippen molar-refractivity contribution in [3.63, 3.8) is 0 Å². The van der Waals surface area contributed by atoms with Crippen molar-refractivity contribution in [3.05, 3.63) is 47.8 Å². The van der Waals surface area contributed by atoms with Crippen molar-refractivity contribution in [1.82, 2.24) is 15.6 Å². The number of fused-ring (bicyclic) bond motifs is 4. The lowest BCUT2D eigenvalue weighted by Gasteiger charge is -2.55. The molecule has 3 atom stereocenters. The number of carbonyl (C=O) groups excluding carboxylic acids is 3. The number of carbonyl (C=O) groups is 3. The standard InChI is InChI=1S/C23H24N4O4/c1-12-6-7-24-10-17(12)15-4-5-18-16(8-15)9-23(20(28)25-22(30)26-21(23)29)19-14(3)31-13(2)11-27(18)19/h4-8,10,13-14,19H,9,11H2,1-3H3,(H2,25,26,28,29,30)/t13-,14+,19-/m1/s1. The van der Waals surface area contributed by atoms with Crippen LogP contribution in [0.5, 0.6) is 0 Å². The van der Waals surface area contributed by atoms with E-state index < -0.39 is 29.3 Å². The molecule has 1 spiro atoms. The van der Waals surface area contributed by atoms with Gasteiger partial charge in [0.15, 0.2) is 5.41 Å². The number of imide groups is 2. The highest BCUT2D eigenvalue weighted by Crippen LogP contribution is 2.47. The number of morpholine rings is 1. The minimum Gasteiger partial charge on any atom is -0.372 e. The Kier molecular flexibility index (Phi) is 4.37. The van der Waals surface area contributed by atoms with Gasteiger partial charge >= 0.3 is 6.03 Å². The van der Waals surface area contributed by atoms with Crippen LogP contribution in [-0.4, -0.2) is 47.6 Å². The summed E-state index contributed by atoms with van der Waals surface area (Å²) in [6.45, 7) is 6.42. The molecule has 5 rings (SSSR count). The van der Waals surface area contributed by atoms with Gasteiger partial charge in [0.2, 0.25) is 11.8 Å². The van der Waals surface area contributed by atoms with E-state index in [1.807, 2.05) is 51.2 Å². The summed E-state index contributed by atoms with van der Waals surface area (Å²) in [5.74, 6) is -1.15. The van der Waals surface area contributed by atoms with Gasteiger partial charge < -0.3 is 9.64 Å². The van der Waals surface area contributed by atoms with Crippen molar-refractivity contribution in [2.75, 3.05) is 11.4 Å². The van der Waals surface area contributed by atoms with Crippen LogP contribution in [0.25, 0.3) is 11.1 Å². The van der Waals surface area contributed by atoms with Gasteiger partial charge in [0.1, 0.15) is 0 Å². The van der Waals surface area contributed by atoms with E-state index in [9.17, 15) is 14.4 Å². The largest absolute Gasteiger partial charge is 0.372 e. The molecule has 2 aromatic rings. The van der Waals surface area contributed by atoms with Gasteiger partial charge in [0.05, 0.1) is 18.2 Å². The molecule has 3 aliphatic heterocycles. The molecule has 8 nitrogen and oxygen atoms in total. The summed E-state index contributed by atoms with van der Waals surface area (Å²) in [4.78, 5) is 44.6. The van der Waals surface area contributed by atoms with Gasteiger partial charge in [-0.25, -0.2) is 4.79 Å². The van der Waals surface area contributed by atoms with E-state index in [1.54, 1.807) is 6.20 Å². The first-order valence-electron chi connectivity index (χ1n) is 10.4. The molecule has 2 fully saturated rings. The molecule has 0 aliphatic carbocycles. The van der Waals surface area contributed by atoms with E-state index in [0.717, 1.165) is 27.9 Å². The number of aromatic nitrogens is 1. The van der Waals surface area contributed by atoms with Crippen molar-refractivity contribution >= 4 is 23.5 Å². The Hall–Kier alpha value is -3.26. The Labute approximate surface area is 180 Å². The van der Waals surface area contributed by atoms with Gasteiger partial charge in [-0.05, 0) is 62.1 Å². The topological polar surface area (TPSA) is 101 Å². The zero-order chi connectivity index (χ0) is 21.9. The molecule has 3 aliphatic rings. The van der Waals surface area contributed by atoms with Crippen LogP contribution in [0.2, 0.25) is 0 Å². The number of amides is 4. The fourth-order valence-electron chi connectivity index (χ4n) is 5.38. The second-order valence-electron chi connectivity index (χ2n) is 8.67. The first-order valence-corrected chi connectivity index (χ1v) is 10.4. The smallest absolute Gasteiger partial charge is 0.328 e. The van der Waals surface area contributed by atoms with Crippen LogP contribution in [-0.2, 0) is 20.7 Å². The number of urea groups is 1. The Balaban J connectivity index is 1.69. The second kappa shape index (κ2) is 6.88.